The Morgan fingerprint density at radius 2 is 1.73 bits per heavy atom. The SMILES string of the molecule is CC1CCCCC(c2ccccc2)C1=O. The fraction of sp³-hybridized carbons (Fsp3) is 0.500. The summed E-state index contributed by atoms with van der Waals surface area (Å²) >= 11 is 0. The van der Waals surface area contributed by atoms with Gasteiger partial charge in [-0.3, -0.25) is 4.79 Å². The van der Waals surface area contributed by atoms with Crippen molar-refractivity contribution in [2.24, 2.45) is 5.92 Å². The minimum Gasteiger partial charge on any atom is -0.299 e. The molecule has 0 N–H and O–H groups in total. The molecule has 2 atom stereocenters. The second-order valence-electron chi connectivity index (χ2n) is 4.55. The summed E-state index contributed by atoms with van der Waals surface area (Å²) in [5, 5.41) is 0. The zero-order valence-corrected chi connectivity index (χ0v) is 9.28. The summed E-state index contributed by atoms with van der Waals surface area (Å²) in [4.78, 5) is 12.1. The third-order valence-electron chi connectivity index (χ3n) is 3.41. The lowest BCUT2D eigenvalue weighted by Gasteiger charge is -2.16. The summed E-state index contributed by atoms with van der Waals surface area (Å²) in [5.41, 5.74) is 1.20. The lowest BCUT2D eigenvalue weighted by atomic mass is 9.87. The Kier molecular flexibility index (Phi) is 3.20. The predicted molar refractivity (Wildman–Crippen MR) is 61.8 cm³/mol. The molecule has 1 nitrogen and oxygen atoms in total. The van der Waals surface area contributed by atoms with Gasteiger partial charge in [0.25, 0.3) is 0 Å². The highest BCUT2D eigenvalue weighted by molar-refractivity contribution is 5.87. The lowest BCUT2D eigenvalue weighted by molar-refractivity contribution is -0.123. The van der Waals surface area contributed by atoms with Crippen LogP contribution in [-0.2, 0) is 4.79 Å². The monoisotopic (exact) mass is 202 g/mol. The molecule has 0 aromatic heterocycles. The van der Waals surface area contributed by atoms with Gasteiger partial charge >= 0.3 is 0 Å². The van der Waals surface area contributed by atoms with Gasteiger partial charge in [0, 0.05) is 11.8 Å². The van der Waals surface area contributed by atoms with Crippen molar-refractivity contribution in [2.45, 2.75) is 38.5 Å². The van der Waals surface area contributed by atoms with E-state index in [0.29, 0.717) is 5.78 Å². The number of ketones is 1. The van der Waals surface area contributed by atoms with Gasteiger partial charge in [0.05, 0.1) is 0 Å². The normalized spacial score (nSPS) is 27.4. The van der Waals surface area contributed by atoms with Crippen molar-refractivity contribution >= 4 is 5.78 Å². The van der Waals surface area contributed by atoms with E-state index < -0.39 is 0 Å². The van der Waals surface area contributed by atoms with Crippen molar-refractivity contribution in [3.05, 3.63) is 35.9 Å². The Bertz CT molecular complexity index is 328. The van der Waals surface area contributed by atoms with Gasteiger partial charge in [0.2, 0.25) is 0 Å². The number of carbonyl (C=O) groups is 1. The van der Waals surface area contributed by atoms with Crippen molar-refractivity contribution in [3.8, 4) is 0 Å². The van der Waals surface area contributed by atoms with Gasteiger partial charge in [-0.1, -0.05) is 50.1 Å². The van der Waals surface area contributed by atoms with E-state index in [0.717, 1.165) is 12.8 Å². The van der Waals surface area contributed by atoms with E-state index in [1.807, 2.05) is 18.2 Å². The molecule has 0 amide bonds. The van der Waals surface area contributed by atoms with E-state index in [1.54, 1.807) is 0 Å². The largest absolute Gasteiger partial charge is 0.299 e. The van der Waals surface area contributed by atoms with E-state index in [-0.39, 0.29) is 11.8 Å². The highest BCUT2D eigenvalue weighted by Crippen LogP contribution is 2.31. The molecule has 1 aromatic carbocycles. The number of hydrogen-bond donors (Lipinski definition) is 0. The van der Waals surface area contributed by atoms with Gasteiger partial charge in [-0.15, -0.1) is 0 Å². The van der Waals surface area contributed by atoms with Crippen LogP contribution < -0.4 is 0 Å². The highest BCUT2D eigenvalue weighted by Gasteiger charge is 2.27. The number of benzene rings is 1. The first-order valence-corrected chi connectivity index (χ1v) is 5.87. The van der Waals surface area contributed by atoms with Crippen molar-refractivity contribution in [1.29, 1.82) is 0 Å². The summed E-state index contributed by atoms with van der Waals surface area (Å²) in [5.74, 6) is 0.847. The average Bonchev–Trinajstić information content (AvgIpc) is 2.44. The van der Waals surface area contributed by atoms with Crippen LogP contribution in [0, 0.1) is 5.92 Å². The molecule has 0 bridgehead atoms. The summed E-state index contributed by atoms with van der Waals surface area (Å²) in [6.07, 6.45) is 4.50. The maximum absolute atomic E-state index is 12.1. The summed E-state index contributed by atoms with van der Waals surface area (Å²) in [6.45, 7) is 2.07. The summed E-state index contributed by atoms with van der Waals surface area (Å²) in [7, 11) is 0. The second-order valence-corrected chi connectivity index (χ2v) is 4.55. The Morgan fingerprint density at radius 1 is 1.07 bits per heavy atom. The third kappa shape index (κ3) is 2.28. The number of carbonyl (C=O) groups excluding carboxylic acids is 1. The summed E-state index contributed by atoms with van der Waals surface area (Å²) in [6, 6.07) is 10.2. The van der Waals surface area contributed by atoms with E-state index >= 15 is 0 Å². The molecule has 1 fully saturated rings. The minimum absolute atomic E-state index is 0.156. The zero-order valence-electron chi connectivity index (χ0n) is 9.28. The lowest BCUT2D eigenvalue weighted by Crippen LogP contribution is -2.17. The first-order valence-electron chi connectivity index (χ1n) is 5.87. The van der Waals surface area contributed by atoms with Crippen molar-refractivity contribution in [1.82, 2.24) is 0 Å². The van der Waals surface area contributed by atoms with Crippen LogP contribution in [0.3, 0.4) is 0 Å². The van der Waals surface area contributed by atoms with Crippen LogP contribution in [0.4, 0.5) is 0 Å². The van der Waals surface area contributed by atoms with Crippen LogP contribution in [0.5, 0.6) is 0 Å². The first kappa shape index (κ1) is 10.4. The smallest absolute Gasteiger partial charge is 0.143 e. The number of Topliss-reactive ketones (excluding diaryl/α,β-unsaturated/α-hetero) is 1. The minimum atomic E-state index is 0.156. The van der Waals surface area contributed by atoms with Crippen LogP contribution in [0.15, 0.2) is 30.3 Å². The Morgan fingerprint density at radius 3 is 2.47 bits per heavy atom. The molecule has 2 unspecified atom stereocenters. The predicted octanol–water partition coefficient (Wildman–Crippen LogP) is 3.55. The molecule has 80 valence electrons. The molecule has 1 aliphatic carbocycles. The molecule has 1 aliphatic rings. The van der Waals surface area contributed by atoms with Gasteiger partial charge in [-0.2, -0.15) is 0 Å². The van der Waals surface area contributed by atoms with Crippen molar-refractivity contribution < 1.29 is 4.79 Å². The molecule has 1 saturated carbocycles. The molecule has 1 heteroatoms. The maximum atomic E-state index is 12.1. The van der Waals surface area contributed by atoms with Crippen LogP contribution in [0.2, 0.25) is 0 Å². The Balaban J connectivity index is 2.23. The maximum Gasteiger partial charge on any atom is 0.143 e. The first-order chi connectivity index (χ1) is 7.29. The molecule has 0 radical (unpaired) electrons. The standard InChI is InChI=1S/C14H18O/c1-11-7-5-6-10-13(14(11)15)12-8-3-2-4-9-12/h2-4,8-9,11,13H,5-7,10H2,1H3. The topological polar surface area (TPSA) is 17.1 Å². The van der Waals surface area contributed by atoms with Crippen LogP contribution >= 0.6 is 0 Å². The zero-order chi connectivity index (χ0) is 10.7. The molecule has 1 aromatic rings. The van der Waals surface area contributed by atoms with Crippen LogP contribution in [0.1, 0.15) is 44.1 Å². The fourth-order valence-electron chi connectivity index (χ4n) is 2.44. The molecule has 0 spiro atoms. The quantitative estimate of drug-likeness (QED) is 0.636. The van der Waals surface area contributed by atoms with E-state index in [4.69, 9.17) is 0 Å². The molecule has 0 saturated heterocycles. The fourth-order valence-corrected chi connectivity index (χ4v) is 2.44. The van der Waals surface area contributed by atoms with Crippen LogP contribution in [0.25, 0.3) is 0 Å². The van der Waals surface area contributed by atoms with Gasteiger partial charge in [-0.25, -0.2) is 0 Å². The molecule has 0 heterocycles. The van der Waals surface area contributed by atoms with Crippen molar-refractivity contribution in [2.75, 3.05) is 0 Å². The Labute approximate surface area is 91.5 Å². The number of rotatable bonds is 1. The molecular weight excluding hydrogens is 184 g/mol. The summed E-state index contributed by atoms with van der Waals surface area (Å²) < 4.78 is 0. The molecule has 15 heavy (non-hydrogen) atoms. The van der Waals surface area contributed by atoms with Gasteiger partial charge in [0.15, 0.2) is 0 Å². The Hall–Kier alpha value is -1.11. The average molecular weight is 202 g/mol. The number of hydrogen-bond acceptors (Lipinski definition) is 1. The second kappa shape index (κ2) is 4.61. The van der Waals surface area contributed by atoms with Gasteiger partial charge in [0.1, 0.15) is 5.78 Å². The highest BCUT2D eigenvalue weighted by atomic mass is 16.1. The third-order valence-corrected chi connectivity index (χ3v) is 3.41. The van der Waals surface area contributed by atoms with E-state index in [9.17, 15) is 4.79 Å². The van der Waals surface area contributed by atoms with E-state index in [2.05, 4.69) is 19.1 Å². The van der Waals surface area contributed by atoms with Gasteiger partial charge in [-0.05, 0) is 18.4 Å². The molecule has 0 aliphatic heterocycles. The van der Waals surface area contributed by atoms with Crippen LogP contribution in [-0.4, -0.2) is 5.78 Å². The van der Waals surface area contributed by atoms with Gasteiger partial charge < -0.3 is 0 Å². The molecular formula is C14H18O. The van der Waals surface area contributed by atoms with E-state index in [1.165, 1.54) is 18.4 Å². The van der Waals surface area contributed by atoms with Crippen molar-refractivity contribution in [3.63, 3.8) is 0 Å². The molecule has 2 rings (SSSR count).